The zero-order valence-corrected chi connectivity index (χ0v) is 20.5. The van der Waals surface area contributed by atoms with E-state index in [0.717, 1.165) is 22.5 Å². The van der Waals surface area contributed by atoms with Crippen LogP contribution in [-0.2, 0) is 4.79 Å². The number of hydrogen-bond donors (Lipinski definition) is 1. The van der Waals surface area contributed by atoms with Crippen LogP contribution in [0, 0.1) is 6.92 Å². The number of amides is 1. The van der Waals surface area contributed by atoms with Gasteiger partial charge in [-0.05, 0) is 55.0 Å². The Morgan fingerprint density at radius 1 is 1.00 bits per heavy atom. The number of halogens is 1. The van der Waals surface area contributed by atoms with Crippen LogP contribution in [0.5, 0.6) is 11.5 Å². The Labute approximate surface area is 207 Å². The molecule has 174 valence electrons. The molecule has 0 saturated carbocycles. The summed E-state index contributed by atoms with van der Waals surface area (Å²) in [5.41, 5.74) is 3.28. The van der Waals surface area contributed by atoms with Gasteiger partial charge in [0.05, 0.1) is 20.0 Å². The monoisotopic (exact) mass is 494 g/mol. The van der Waals surface area contributed by atoms with Crippen LogP contribution in [0.25, 0.3) is 17.1 Å². The van der Waals surface area contributed by atoms with E-state index in [4.69, 9.17) is 21.1 Å². The van der Waals surface area contributed by atoms with Crippen molar-refractivity contribution < 1.29 is 14.3 Å². The predicted molar refractivity (Wildman–Crippen MR) is 135 cm³/mol. The van der Waals surface area contributed by atoms with Crippen LogP contribution in [0.1, 0.15) is 5.56 Å². The summed E-state index contributed by atoms with van der Waals surface area (Å²) in [5.74, 6) is 1.91. The topological polar surface area (TPSA) is 78.3 Å². The summed E-state index contributed by atoms with van der Waals surface area (Å²) in [6, 6.07) is 20.6. The Kier molecular flexibility index (Phi) is 7.40. The van der Waals surface area contributed by atoms with E-state index < -0.39 is 0 Å². The maximum absolute atomic E-state index is 12.7. The number of carbonyl (C=O) groups is 1. The van der Waals surface area contributed by atoms with Gasteiger partial charge in [-0.15, -0.1) is 10.2 Å². The highest BCUT2D eigenvalue weighted by atomic mass is 35.5. The maximum Gasteiger partial charge on any atom is 0.234 e. The zero-order chi connectivity index (χ0) is 24.1. The van der Waals surface area contributed by atoms with E-state index in [0.29, 0.717) is 27.5 Å². The second-order valence-corrected chi connectivity index (χ2v) is 8.75. The second kappa shape index (κ2) is 10.6. The lowest BCUT2D eigenvalue weighted by Crippen LogP contribution is -2.15. The first-order valence-electron chi connectivity index (χ1n) is 10.4. The van der Waals surface area contributed by atoms with Gasteiger partial charge in [0.25, 0.3) is 0 Å². The largest absolute Gasteiger partial charge is 0.497 e. The highest BCUT2D eigenvalue weighted by Gasteiger charge is 2.19. The molecule has 4 rings (SSSR count). The zero-order valence-electron chi connectivity index (χ0n) is 18.9. The summed E-state index contributed by atoms with van der Waals surface area (Å²) in [6.07, 6.45) is 0. The third-order valence-corrected chi connectivity index (χ3v) is 6.22. The lowest BCUT2D eigenvalue weighted by molar-refractivity contribution is -0.113. The van der Waals surface area contributed by atoms with Gasteiger partial charge in [0, 0.05) is 28.0 Å². The molecule has 0 bridgehead atoms. The molecular formula is C25H23ClN4O3S. The van der Waals surface area contributed by atoms with E-state index in [-0.39, 0.29) is 11.7 Å². The van der Waals surface area contributed by atoms with Gasteiger partial charge in [-0.25, -0.2) is 0 Å². The summed E-state index contributed by atoms with van der Waals surface area (Å²) in [4.78, 5) is 12.7. The van der Waals surface area contributed by atoms with Gasteiger partial charge >= 0.3 is 0 Å². The molecule has 4 aromatic rings. The average molecular weight is 495 g/mol. The van der Waals surface area contributed by atoms with Crippen LogP contribution in [0.2, 0.25) is 5.02 Å². The van der Waals surface area contributed by atoms with Gasteiger partial charge in [-0.2, -0.15) is 0 Å². The Bertz CT molecular complexity index is 1290. The van der Waals surface area contributed by atoms with Crippen LogP contribution in [0.3, 0.4) is 0 Å². The van der Waals surface area contributed by atoms with Crippen molar-refractivity contribution in [1.29, 1.82) is 0 Å². The van der Waals surface area contributed by atoms with Crippen LogP contribution in [-0.4, -0.2) is 40.6 Å². The van der Waals surface area contributed by atoms with Gasteiger partial charge in [0.1, 0.15) is 11.5 Å². The quantitative estimate of drug-likeness (QED) is 0.319. The van der Waals surface area contributed by atoms with Gasteiger partial charge in [-0.1, -0.05) is 41.6 Å². The molecule has 0 fully saturated rings. The fourth-order valence-electron chi connectivity index (χ4n) is 3.38. The number of rotatable bonds is 8. The van der Waals surface area contributed by atoms with Crippen molar-refractivity contribution in [3.63, 3.8) is 0 Å². The molecule has 3 aromatic carbocycles. The van der Waals surface area contributed by atoms with Crippen LogP contribution in [0.15, 0.2) is 71.9 Å². The molecule has 34 heavy (non-hydrogen) atoms. The molecule has 0 saturated heterocycles. The SMILES string of the molecule is COc1cc(OC)cc(-c2nnc(SCC(=O)Nc3ccc(Cl)cc3C)n2-c2ccccc2)c1. The molecule has 0 unspecified atom stereocenters. The number of benzene rings is 3. The third kappa shape index (κ3) is 5.35. The number of aromatic nitrogens is 3. The lowest BCUT2D eigenvalue weighted by atomic mass is 10.2. The van der Waals surface area contributed by atoms with Crippen molar-refractivity contribution >= 4 is 35.0 Å². The number of methoxy groups -OCH3 is 2. The number of ether oxygens (including phenoxy) is 2. The Morgan fingerprint density at radius 2 is 1.71 bits per heavy atom. The molecule has 0 aliphatic carbocycles. The number of nitrogens with zero attached hydrogens (tertiary/aromatic N) is 3. The van der Waals surface area contributed by atoms with Crippen LogP contribution in [0.4, 0.5) is 5.69 Å². The van der Waals surface area contributed by atoms with Crippen LogP contribution < -0.4 is 14.8 Å². The van der Waals surface area contributed by atoms with Crippen molar-refractivity contribution in [3.05, 3.63) is 77.3 Å². The van der Waals surface area contributed by atoms with Crippen molar-refractivity contribution in [2.24, 2.45) is 0 Å². The molecule has 1 heterocycles. The van der Waals surface area contributed by atoms with Gasteiger partial charge in [-0.3, -0.25) is 9.36 Å². The number of anilines is 1. The molecule has 0 atom stereocenters. The lowest BCUT2D eigenvalue weighted by Gasteiger charge is -2.12. The summed E-state index contributed by atoms with van der Waals surface area (Å²) in [6.45, 7) is 1.90. The summed E-state index contributed by atoms with van der Waals surface area (Å²) in [5, 5.41) is 13.0. The number of aryl methyl sites for hydroxylation is 1. The second-order valence-electron chi connectivity index (χ2n) is 7.37. The number of nitrogens with one attached hydrogen (secondary N) is 1. The minimum Gasteiger partial charge on any atom is -0.497 e. The highest BCUT2D eigenvalue weighted by Crippen LogP contribution is 2.33. The Balaban J connectivity index is 1.63. The number of hydrogen-bond acceptors (Lipinski definition) is 6. The van der Waals surface area contributed by atoms with Crippen molar-refractivity contribution in [2.75, 3.05) is 25.3 Å². The molecule has 9 heteroatoms. The molecule has 1 N–H and O–H groups in total. The first-order chi connectivity index (χ1) is 16.5. The third-order valence-electron chi connectivity index (χ3n) is 5.05. The minimum absolute atomic E-state index is 0.150. The smallest absolute Gasteiger partial charge is 0.234 e. The fourth-order valence-corrected chi connectivity index (χ4v) is 4.36. The summed E-state index contributed by atoms with van der Waals surface area (Å²) in [7, 11) is 3.20. The molecule has 0 spiro atoms. The summed E-state index contributed by atoms with van der Waals surface area (Å²) < 4.78 is 12.8. The molecule has 0 aliphatic heterocycles. The maximum atomic E-state index is 12.7. The van der Waals surface area contributed by atoms with Crippen molar-refractivity contribution in [1.82, 2.24) is 14.8 Å². The van der Waals surface area contributed by atoms with E-state index in [9.17, 15) is 4.79 Å². The predicted octanol–water partition coefficient (Wildman–Crippen LogP) is 5.64. The van der Waals surface area contributed by atoms with Crippen LogP contribution >= 0.6 is 23.4 Å². The fraction of sp³-hybridized carbons (Fsp3) is 0.160. The van der Waals surface area contributed by atoms with E-state index >= 15 is 0 Å². The standard InChI is InChI=1S/C25H23ClN4O3S/c1-16-11-18(26)9-10-22(16)27-23(31)15-34-25-29-28-24(30(25)19-7-5-4-6-8-19)17-12-20(32-2)14-21(13-17)33-3/h4-14H,15H2,1-3H3,(H,27,31). The minimum atomic E-state index is -0.150. The first kappa shape index (κ1) is 23.7. The van der Waals surface area contributed by atoms with Gasteiger partial charge in [0.2, 0.25) is 5.91 Å². The van der Waals surface area contributed by atoms with Crippen molar-refractivity contribution in [3.8, 4) is 28.6 Å². The van der Waals surface area contributed by atoms with E-state index in [1.54, 1.807) is 32.4 Å². The molecule has 1 aromatic heterocycles. The van der Waals surface area contributed by atoms with Crippen molar-refractivity contribution in [2.45, 2.75) is 12.1 Å². The Morgan fingerprint density at radius 3 is 2.35 bits per heavy atom. The molecule has 0 radical (unpaired) electrons. The van der Waals surface area contributed by atoms with E-state index in [2.05, 4.69) is 15.5 Å². The van der Waals surface area contributed by atoms with E-state index in [1.165, 1.54) is 11.8 Å². The van der Waals surface area contributed by atoms with E-state index in [1.807, 2.05) is 60.0 Å². The molecule has 1 amide bonds. The highest BCUT2D eigenvalue weighted by molar-refractivity contribution is 7.99. The molecular weight excluding hydrogens is 472 g/mol. The number of carbonyl (C=O) groups excluding carboxylic acids is 1. The number of para-hydroxylation sites is 1. The van der Waals surface area contributed by atoms with Gasteiger partial charge in [0.15, 0.2) is 11.0 Å². The molecule has 7 nitrogen and oxygen atoms in total. The summed E-state index contributed by atoms with van der Waals surface area (Å²) >= 11 is 7.31. The number of thioether (sulfide) groups is 1. The first-order valence-corrected chi connectivity index (χ1v) is 11.8. The normalized spacial score (nSPS) is 10.7. The molecule has 0 aliphatic rings. The van der Waals surface area contributed by atoms with Gasteiger partial charge < -0.3 is 14.8 Å². The average Bonchev–Trinajstić information content (AvgIpc) is 3.28. The Hall–Kier alpha value is -3.49.